The van der Waals surface area contributed by atoms with Gasteiger partial charge in [0.25, 0.3) is 0 Å². The van der Waals surface area contributed by atoms with Gasteiger partial charge in [0.05, 0.1) is 18.3 Å². The van der Waals surface area contributed by atoms with Crippen molar-refractivity contribution in [2.75, 3.05) is 18.8 Å². The molecule has 4 nitrogen and oxygen atoms in total. The summed E-state index contributed by atoms with van der Waals surface area (Å²) in [6.07, 6.45) is 23.4. The van der Waals surface area contributed by atoms with Crippen LogP contribution in [0.15, 0.2) is 9.98 Å². The van der Waals surface area contributed by atoms with Crippen molar-refractivity contribution in [3.05, 3.63) is 0 Å². The van der Waals surface area contributed by atoms with Crippen LogP contribution in [0.2, 0.25) is 0 Å². The molecule has 0 bridgehead atoms. The van der Waals surface area contributed by atoms with Gasteiger partial charge >= 0.3 is 0 Å². The van der Waals surface area contributed by atoms with Crippen molar-refractivity contribution in [1.82, 2.24) is 0 Å². The third kappa shape index (κ3) is 14.0. The molecule has 204 valence electrons. The molecule has 0 amide bonds. The normalized spacial score (nSPS) is 19.2. The highest BCUT2D eigenvalue weighted by Crippen LogP contribution is 2.29. The van der Waals surface area contributed by atoms with E-state index in [4.69, 9.17) is 14.5 Å². The highest BCUT2D eigenvalue weighted by Gasteiger charge is 2.35. The average molecular weight is 509 g/mol. The van der Waals surface area contributed by atoms with Crippen molar-refractivity contribution < 1.29 is 9.47 Å². The van der Waals surface area contributed by atoms with Crippen LogP contribution in [0, 0.1) is 0 Å². The number of ether oxygens (including phenoxy) is 2. The lowest BCUT2D eigenvalue weighted by molar-refractivity contribution is 0.121. The van der Waals surface area contributed by atoms with Gasteiger partial charge in [0.2, 0.25) is 0 Å². The summed E-state index contributed by atoms with van der Waals surface area (Å²) in [5.41, 5.74) is -0.351. The first-order chi connectivity index (χ1) is 16.8. The molecule has 0 aromatic heterocycles. The standard InChI is InChI=1S/C30H56N2O2S/c1-6-7-8-9-10-11-12-13-14-15-16-17-18-19-20-21-22-35-26(28-32-25-30(4,5)34-28)23-27-31-24-29(2,3)33-27/h26H,6-25H2,1-5H3. The monoisotopic (exact) mass is 508 g/mol. The van der Waals surface area contributed by atoms with Gasteiger partial charge in [0.15, 0.2) is 11.8 Å². The molecule has 1 unspecified atom stereocenters. The van der Waals surface area contributed by atoms with Crippen molar-refractivity contribution >= 4 is 23.6 Å². The molecule has 0 spiro atoms. The Balaban J connectivity index is 1.47. The highest BCUT2D eigenvalue weighted by molar-refractivity contribution is 8.00. The SMILES string of the molecule is CCCCCCCCCCCCCCCCCCSC(CC1=NCC(C)(C)O1)C1=NCC(C)(C)O1. The van der Waals surface area contributed by atoms with Crippen LogP contribution < -0.4 is 0 Å². The molecular weight excluding hydrogens is 452 g/mol. The first kappa shape index (κ1) is 30.5. The number of hydrogen-bond acceptors (Lipinski definition) is 5. The van der Waals surface area contributed by atoms with E-state index in [1.54, 1.807) is 0 Å². The topological polar surface area (TPSA) is 43.2 Å². The second kappa shape index (κ2) is 16.9. The van der Waals surface area contributed by atoms with E-state index in [0.29, 0.717) is 0 Å². The molecule has 0 fully saturated rings. The maximum Gasteiger partial charge on any atom is 0.198 e. The van der Waals surface area contributed by atoms with E-state index in [1.165, 1.54) is 103 Å². The van der Waals surface area contributed by atoms with E-state index in [0.717, 1.165) is 37.1 Å². The van der Waals surface area contributed by atoms with E-state index < -0.39 is 0 Å². The Morgan fingerprint density at radius 3 is 1.54 bits per heavy atom. The van der Waals surface area contributed by atoms with Crippen LogP contribution in [-0.4, -0.2) is 47.1 Å². The number of unbranched alkanes of at least 4 members (excludes halogenated alkanes) is 15. The van der Waals surface area contributed by atoms with E-state index in [-0.39, 0.29) is 16.5 Å². The van der Waals surface area contributed by atoms with Crippen molar-refractivity contribution in [2.24, 2.45) is 9.98 Å². The number of aliphatic imine (C=N–C) groups is 2. The Labute approximate surface area is 221 Å². The molecule has 0 N–H and O–H groups in total. The molecule has 0 radical (unpaired) electrons. The summed E-state index contributed by atoms with van der Waals surface area (Å²) in [5, 5.41) is 0.223. The molecule has 0 aromatic carbocycles. The Bertz CT molecular complexity index is 630. The van der Waals surface area contributed by atoms with Crippen LogP contribution in [0.4, 0.5) is 0 Å². The van der Waals surface area contributed by atoms with Gasteiger partial charge in [-0.15, -0.1) is 11.8 Å². The fourth-order valence-electron chi connectivity index (χ4n) is 4.80. The molecule has 0 saturated carbocycles. The Hall–Kier alpha value is -0.710. The molecule has 5 heteroatoms. The van der Waals surface area contributed by atoms with E-state index in [9.17, 15) is 0 Å². The second-order valence-corrected chi connectivity index (χ2v) is 13.3. The lowest BCUT2D eigenvalue weighted by atomic mass is 10.0. The van der Waals surface area contributed by atoms with Gasteiger partial charge in [-0.2, -0.15) is 0 Å². The summed E-state index contributed by atoms with van der Waals surface area (Å²) in [5.74, 6) is 2.92. The molecule has 2 aliphatic rings. The Morgan fingerprint density at radius 1 is 0.657 bits per heavy atom. The summed E-state index contributed by atoms with van der Waals surface area (Å²) in [6.45, 7) is 12.2. The van der Waals surface area contributed by atoms with Crippen molar-refractivity contribution in [1.29, 1.82) is 0 Å². The number of hydrogen-bond donors (Lipinski definition) is 0. The van der Waals surface area contributed by atoms with E-state index in [2.05, 4.69) is 39.6 Å². The minimum Gasteiger partial charge on any atom is -0.473 e. The van der Waals surface area contributed by atoms with Gasteiger partial charge in [-0.25, -0.2) is 0 Å². The molecule has 2 heterocycles. The van der Waals surface area contributed by atoms with Crippen LogP contribution in [0.1, 0.15) is 144 Å². The zero-order valence-electron chi connectivity index (χ0n) is 23.8. The molecule has 2 rings (SSSR count). The van der Waals surface area contributed by atoms with Crippen molar-refractivity contribution in [3.8, 4) is 0 Å². The van der Waals surface area contributed by atoms with Gasteiger partial charge in [-0.3, -0.25) is 9.98 Å². The summed E-state index contributed by atoms with van der Waals surface area (Å²) in [7, 11) is 0. The summed E-state index contributed by atoms with van der Waals surface area (Å²) >= 11 is 1.98. The molecule has 0 saturated heterocycles. The lowest BCUT2D eigenvalue weighted by Gasteiger charge is -2.23. The Kier molecular flexibility index (Phi) is 14.8. The quantitative estimate of drug-likeness (QED) is 0.145. The largest absolute Gasteiger partial charge is 0.473 e. The minimum atomic E-state index is -0.181. The molecule has 1 atom stereocenters. The van der Waals surface area contributed by atoms with Crippen molar-refractivity contribution in [3.63, 3.8) is 0 Å². The zero-order valence-corrected chi connectivity index (χ0v) is 24.7. The van der Waals surface area contributed by atoms with E-state index >= 15 is 0 Å². The highest BCUT2D eigenvalue weighted by atomic mass is 32.2. The number of thioether (sulfide) groups is 1. The van der Waals surface area contributed by atoms with Gasteiger partial charge < -0.3 is 9.47 Å². The predicted molar refractivity (Wildman–Crippen MR) is 155 cm³/mol. The average Bonchev–Trinajstić information content (AvgIpc) is 3.35. The van der Waals surface area contributed by atoms with Crippen LogP contribution in [0.25, 0.3) is 0 Å². The maximum absolute atomic E-state index is 6.18. The fraction of sp³-hybridized carbons (Fsp3) is 0.933. The van der Waals surface area contributed by atoms with Gasteiger partial charge in [0, 0.05) is 6.42 Å². The molecule has 35 heavy (non-hydrogen) atoms. The first-order valence-electron chi connectivity index (χ1n) is 14.9. The van der Waals surface area contributed by atoms with Gasteiger partial charge in [-0.05, 0) is 39.9 Å². The van der Waals surface area contributed by atoms with Crippen LogP contribution in [0.5, 0.6) is 0 Å². The van der Waals surface area contributed by atoms with Crippen LogP contribution >= 0.6 is 11.8 Å². The second-order valence-electron chi connectivity index (χ2n) is 12.0. The third-order valence-electron chi connectivity index (χ3n) is 6.98. The smallest absolute Gasteiger partial charge is 0.198 e. The van der Waals surface area contributed by atoms with Gasteiger partial charge in [-0.1, -0.05) is 103 Å². The first-order valence-corrected chi connectivity index (χ1v) is 15.9. The fourth-order valence-corrected chi connectivity index (χ4v) is 5.98. The summed E-state index contributed by atoms with van der Waals surface area (Å²) in [6, 6.07) is 0. The number of nitrogens with zero attached hydrogens (tertiary/aromatic N) is 2. The zero-order chi connectivity index (χ0) is 25.4. The van der Waals surface area contributed by atoms with Crippen LogP contribution in [0.3, 0.4) is 0 Å². The Morgan fingerprint density at radius 2 is 1.11 bits per heavy atom. The summed E-state index contributed by atoms with van der Waals surface area (Å²) in [4.78, 5) is 9.36. The van der Waals surface area contributed by atoms with Crippen LogP contribution in [-0.2, 0) is 9.47 Å². The maximum atomic E-state index is 6.18. The van der Waals surface area contributed by atoms with Crippen molar-refractivity contribution in [2.45, 2.75) is 160 Å². The lowest BCUT2D eigenvalue weighted by Crippen LogP contribution is -2.30. The predicted octanol–water partition coefficient (Wildman–Crippen LogP) is 9.15. The molecule has 0 aliphatic carbocycles. The van der Waals surface area contributed by atoms with E-state index in [1.807, 2.05) is 11.8 Å². The summed E-state index contributed by atoms with van der Waals surface area (Å²) < 4.78 is 12.2. The molecular formula is C30H56N2O2S. The number of rotatable bonds is 21. The molecule has 2 aliphatic heterocycles. The van der Waals surface area contributed by atoms with Gasteiger partial charge in [0.1, 0.15) is 11.2 Å². The minimum absolute atomic E-state index is 0.171. The third-order valence-corrected chi connectivity index (χ3v) is 8.27. The molecule has 0 aromatic rings.